The Balaban J connectivity index is 2.30. The zero-order valence-corrected chi connectivity index (χ0v) is 12.1. The molecule has 1 unspecified atom stereocenters. The number of rotatable bonds is 4. The smallest absolute Gasteiger partial charge is 0.258 e. The van der Waals surface area contributed by atoms with Gasteiger partial charge in [0.15, 0.2) is 0 Å². The molecule has 0 spiro atoms. The largest absolute Gasteiger partial charge is 0.273 e. The second-order valence-corrected chi connectivity index (χ2v) is 6.81. The molecule has 1 aromatic rings. The lowest BCUT2D eigenvalue weighted by molar-refractivity contribution is -0.385. The molecular formula is C13H15N3O4S. The number of sulfonamides is 1. The average Bonchev–Trinajstić information content (AvgIpc) is 2.47. The first-order valence-electron chi connectivity index (χ1n) is 6.57. The van der Waals surface area contributed by atoms with Crippen LogP contribution < -0.4 is 0 Å². The van der Waals surface area contributed by atoms with E-state index in [9.17, 15) is 18.5 Å². The lowest BCUT2D eigenvalue weighted by Crippen LogP contribution is -2.43. The fraction of sp³-hybridized carbons (Fsp3) is 0.462. The quantitative estimate of drug-likeness (QED) is 0.623. The first-order valence-corrected chi connectivity index (χ1v) is 8.18. The van der Waals surface area contributed by atoms with Gasteiger partial charge in [0, 0.05) is 18.2 Å². The summed E-state index contributed by atoms with van der Waals surface area (Å²) in [5, 5.41) is 20.0. The third kappa shape index (κ3) is 3.37. The van der Waals surface area contributed by atoms with Crippen molar-refractivity contribution in [2.45, 2.75) is 31.1 Å². The molecule has 21 heavy (non-hydrogen) atoms. The Bertz CT molecular complexity index is 681. The summed E-state index contributed by atoms with van der Waals surface area (Å²) in [4.78, 5) is 10.4. The molecule has 1 aliphatic rings. The summed E-state index contributed by atoms with van der Waals surface area (Å²) in [5.41, 5.74) is -0.0728. The number of benzene rings is 1. The van der Waals surface area contributed by atoms with Crippen LogP contribution in [0.25, 0.3) is 0 Å². The summed E-state index contributed by atoms with van der Waals surface area (Å²) in [6.45, 7) is 0.293. The van der Waals surface area contributed by atoms with E-state index in [1.165, 1.54) is 22.5 Å². The minimum Gasteiger partial charge on any atom is -0.258 e. The molecule has 0 N–H and O–H groups in total. The van der Waals surface area contributed by atoms with Gasteiger partial charge in [0.05, 0.1) is 16.7 Å². The van der Waals surface area contributed by atoms with Crippen molar-refractivity contribution in [3.05, 3.63) is 39.9 Å². The van der Waals surface area contributed by atoms with Gasteiger partial charge in [-0.15, -0.1) is 0 Å². The topological polar surface area (TPSA) is 104 Å². The Kier molecular flexibility index (Phi) is 4.55. The van der Waals surface area contributed by atoms with E-state index < -0.39 is 26.7 Å². The fourth-order valence-electron chi connectivity index (χ4n) is 2.46. The average molecular weight is 309 g/mol. The Morgan fingerprint density at radius 3 is 2.76 bits per heavy atom. The molecule has 112 valence electrons. The first kappa shape index (κ1) is 15.4. The van der Waals surface area contributed by atoms with Crippen LogP contribution in [-0.4, -0.2) is 30.2 Å². The predicted octanol–water partition coefficient (Wildman–Crippen LogP) is 1.80. The minimum atomic E-state index is -3.75. The van der Waals surface area contributed by atoms with E-state index >= 15 is 0 Å². The maximum atomic E-state index is 12.5. The van der Waals surface area contributed by atoms with Crippen molar-refractivity contribution in [1.29, 1.82) is 5.26 Å². The molecule has 7 nitrogen and oxygen atoms in total. The van der Waals surface area contributed by atoms with E-state index in [-0.39, 0.29) is 11.3 Å². The summed E-state index contributed by atoms with van der Waals surface area (Å²) in [6.07, 6.45) is 2.02. The molecule has 0 radical (unpaired) electrons. The van der Waals surface area contributed by atoms with Crippen molar-refractivity contribution >= 4 is 15.7 Å². The molecule has 0 aliphatic carbocycles. The second kappa shape index (κ2) is 6.20. The first-order chi connectivity index (χ1) is 9.95. The molecule has 0 amide bonds. The van der Waals surface area contributed by atoms with Gasteiger partial charge >= 0.3 is 0 Å². The van der Waals surface area contributed by atoms with Gasteiger partial charge < -0.3 is 0 Å². The third-order valence-electron chi connectivity index (χ3n) is 3.49. The summed E-state index contributed by atoms with van der Waals surface area (Å²) < 4.78 is 26.1. The van der Waals surface area contributed by atoms with Gasteiger partial charge in [-0.25, -0.2) is 8.42 Å². The highest BCUT2D eigenvalue weighted by molar-refractivity contribution is 7.88. The molecule has 1 atom stereocenters. The molecular weight excluding hydrogens is 294 g/mol. The normalized spacial score (nSPS) is 19.9. The van der Waals surface area contributed by atoms with Crippen molar-refractivity contribution in [1.82, 2.24) is 4.31 Å². The van der Waals surface area contributed by atoms with Gasteiger partial charge in [0.25, 0.3) is 5.69 Å². The number of para-hydroxylation sites is 1. The maximum absolute atomic E-state index is 12.5. The number of nitriles is 1. The predicted molar refractivity (Wildman–Crippen MR) is 75.7 cm³/mol. The molecule has 1 fully saturated rings. The van der Waals surface area contributed by atoms with Crippen molar-refractivity contribution in [3.63, 3.8) is 0 Å². The Morgan fingerprint density at radius 2 is 2.10 bits per heavy atom. The summed E-state index contributed by atoms with van der Waals surface area (Å²) in [6, 6.07) is 7.09. The van der Waals surface area contributed by atoms with Crippen molar-refractivity contribution < 1.29 is 13.3 Å². The highest BCUT2D eigenvalue weighted by Gasteiger charge is 2.33. The van der Waals surface area contributed by atoms with Crippen LogP contribution in [0.2, 0.25) is 0 Å². The van der Waals surface area contributed by atoms with Crippen LogP contribution in [0.4, 0.5) is 5.69 Å². The summed E-state index contributed by atoms with van der Waals surface area (Å²) in [5.74, 6) is -0.456. The molecule has 1 aliphatic heterocycles. The summed E-state index contributed by atoms with van der Waals surface area (Å²) in [7, 11) is -3.75. The number of hydrogen-bond donors (Lipinski definition) is 0. The molecule has 1 heterocycles. The van der Waals surface area contributed by atoms with Crippen molar-refractivity contribution in [2.24, 2.45) is 0 Å². The van der Waals surface area contributed by atoms with Gasteiger partial charge in [-0.2, -0.15) is 9.57 Å². The van der Waals surface area contributed by atoms with E-state index in [2.05, 4.69) is 0 Å². The van der Waals surface area contributed by atoms with Crippen LogP contribution in [0, 0.1) is 21.4 Å². The highest BCUT2D eigenvalue weighted by atomic mass is 32.2. The van der Waals surface area contributed by atoms with Gasteiger partial charge in [-0.3, -0.25) is 10.1 Å². The Morgan fingerprint density at radius 1 is 1.38 bits per heavy atom. The van der Waals surface area contributed by atoms with Crippen LogP contribution in [0.1, 0.15) is 24.8 Å². The van der Waals surface area contributed by atoms with Crippen LogP contribution >= 0.6 is 0 Å². The number of hydrogen-bond acceptors (Lipinski definition) is 5. The van der Waals surface area contributed by atoms with E-state index in [1.807, 2.05) is 6.07 Å². The lowest BCUT2D eigenvalue weighted by atomic mass is 10.1. The van der Waals surface area contributed by atoms with E-state index in [4.69, 9.17) is 5.26 Å². The molecule has 0 bridgehead atoms. The standard InChI is InChI=1S/C13H15N3O4S/c14-9-12-6-3-4-8-15(12)21(19,20)10-11-5-1-2-7-13(11)16(17)18/h1-2,5,7,12H,3-4,6,8,10H2. The Hall–Kier alpha value is -1.98. The summed E-state index contributed by atoms with van der Waals surface area (Å²) >= 11 is 0. The van der Waals surface area contributed by atoms with Gasteiger partial charge in [-0.1, -0.05) is 18.2 Å². The molecule has 0 aromatic heterocycles. The molecule has 1 saturated heterocycles. The van der Waals surface area contributed by atoms with Crippen LogP contribution in [-0.2, 0) is 15.8 Å². The van der Waals surface area contributed by atoms with Crippen molar-refractivity contribution in [3.8, 4) is 6.07 Å². The highest BCUT2D eigenvalue weighted by Crippen LogP contribution is 2.25. The number of piperidine rings is 1. The zero-order valence-electron chi connectivity index (χ0n) is 11.3. The molecule has 0 saturated carbocycles. The molecule has 1 aromatic carbocycles. The minimum absolute atomic E-state index is 0.143. The van der Waals surface area contributed by atoms with Gasteiger partial charge in [-0.05, 0) is 19.3 Å². The van der Waals surface area contributed by atoms with E-state index in [1.54, 1.807) is 6.07 Å². The van der Waals surface area contributed by atoms with Gasteiger partial charge in [0.1, 0.15) is 6.04 Å². The Labute approximate surface area is 123 Å². The second-order valence-electron chi connectivity index (χ2n) is 4.89. The number of nitro benzene ring substituents is 1. The van der Waals surface area contributed by atoms with E-state index in [0.29, 0.717) is 19.4 Å². The maximum Gasteiger partial charge on any atom is 0.273 e. The van der Waals surface area contributed by atoms with Crippen LogP contribution in [0.15, 0.2) is 24.3 Å². The molecule has 8 heteroatoms. The third-order valence-corrected chi connectivity index (χ3v) is 5.31. The SMILES string of the molecule is N#CC1CCCCN1S(=O)(=O)Cc1ccccc1[N+](=O)[O-]. The van der Waals surface area contributed by atoms with E-state index in [0.717, 1.165) is 6.42 Å². The van der Waals surface area contributed by atoms with Crippen LogP contribution in [0.3, 0.4) is 0 Å². The molecule has 2 rings (SSSR count). The van der Waals surface area contributed by atoms with Gasteiger partial charge in [0.2, 0.25) is 10.0 Å². The lowest BCUT2D eigenvalue weighted by Gasteiger charge is -2.30. The fourth-order valence-corrected chi connectivity index (χ4v) is 4.21. The monoisotopic (exact) mass is 309 g/mol. The number of nitrogens with zero attached hydrogens (tertiary/aromatic N) is 3. The van der Waals surface area contributed by atoms with Crippen molar-refractivity contribution in [2.75, 3.05) is 6.54 Å². The number of nitro groups is 1. The zero-order chi connectivity index (χ0) is 15.5. The van der Waals surface area contributed by atoms with Crippen LogP contribution in [0.5, 0.6) is 0 Å².